The fourth-order valence-corrected chi connectivity index (χ4v) is 5.49. The quantitative estimate of drug-likeness (QED) is 0.468. The third-order valence-electron chi connectivity index (χ3n) is 6.86. The van der Waals surface area contributed by atoms with Gasteiger partial charge < -0.3 is 15.1 Å². The van der Waals surface area contributed by atoms with Crippen molar-refractivity contribution < 1.29 is 19.8 Å². The van der Waals surface area contributed by atoms with Gasteiger partial charge in [-0.15, -0.1) is 0 Å². The van der Waals surface area contributed by atoms with Gasteiger partial charge in [-0.25, -0.2) is 4.79 Å². The van der Waals surface area contributed by atoms with E-state index in [2.05, 4.69) is 0 Å². The summed E-state index contributed by atoms with van der Waals surface area (Å²) >= 11 is 12.5. The second-order valence-corrected chi connectivity index (χ2v) is 10.0. The highest BCUT2D eigenvalue weighted by molar-refractivity contribution is 6.30. The molecule has 33 heavy (non-hydrogen) atoms. The predicted octanol–water partition coefficient (Wildman–Crippen LogP) is 6.08. The van der Waals surface area contributed by atoms with Crippen LogP contribution < -0.4 is 0 Å². The topological polar surface area (TPSA) is 77.8 Å². The Bertz CT molecular complexity index is 992. The van der Waals surface area contributed by atoms with E-state index >= 15 is 0 Å². The van der Waals surface area contributed by atoms with E-state index in [1.165, 1.54) is 0 Å². The van der Waals surface area contributed by atoms with Crippen LogP contribution in [0.25, 0.3) is 0 Å². The lowest BCUT2D eigenvalue weighted by atomic mass is 9.66. The number of halogens is 2. The molecular formula is C26H31Cl2NO4. The van der Waals surface area contributed by atoms with Gasteiger partial charge in [0.2, 0.25) is 5.91 Å². The van der Waals surface area contributed by atoms with E-state index in [0.29, 0.717) is 16.5 Å². The van der Waals surface area contributed by atoms with Gasteiger partial charge in [0.25, 0.3) is 0 Å². The second kappa shape index (κ2) is 10.5. The molecule has 4 atom stereocenters. The number of aliphatic hydroxyl groups excluding tert-OH is 1. The summed E-state index contributed by atoms with van der Waals surface area (Å²) in [5, 5.41) is 20.8. The molecule has 0 saturated carbocycles. The van der Waals surface area contributed by atoms with Gasteiger partial charge in [0.1, 0.15) is 0 Å². The molecular weight excluding hydrogens is 461 g/mol. The number of aliphatic carboxylic acids is 1. The number of nitrogens with zero attached hydrogens (tertiary/aromatic N) is 1. The number of aliphatic hydroxyl groups is 1. The summed E-state index contributed by atoms with van der Waals surface area (Å²) in [6, 6.07) is 14.8. The van der Waals surface area contributed by atoms with Crippen molar-refractivity contribution in [1.82, 2.24) is 4.90 Å². The predicted molar refractivity (Wildman–Crippen MR) is 131 cm³/mol. The van der Waals surface area contributed by atoms with Gasteiger partial charge >= 0.3 is 5.97 Å². The van der Waals surface area contributed by atoms with Crippen molar-refractivity contribution >= 4 is 35.1 Å². The SMILES string of the molecule is CCC(CC)N1C(=O)C(C)(CC(O)C(=O)O)CC(c2cccc(Cl)c2)C1c1ccc(Cl)cc1. The number of carbonyl (C=O) groups excluding carboxylic acids is 1. The highest BCUT2D eigenvalue weighted by Gasteiger charge is 2.52. The first-order valence-electron chi connectivity index (χ1n) is 11.4. The van der Waals surface area contributed by atoms with Crippen LogP contribution in [0.3, 0.4) is 0 Å². The van der Waals surface area contributed by atoms with Crippen molar-refractivity contribution in [2.45, 2.75) is 70.6 Å². The Hall–Kier alpha value is -2.08. The summed E-state index contributed by atoms with van der Waals surface area (Å²) in [5.41, 5.74) is 0.892. The van der Waals surface area contributed by atoms with Gasteiger partial charge in [-0.2, -0.15) is 0 Å². The largest absolute Gasteiger partial charge is 0.479 e. The second-order valence-electron chi connectivity index (χ2n) is 9.16. The lowest BCUT2D eigenvalue weighted by Gasteiger charge is -2.52. The number of likely N-dealkylation sites (tertiary alicyclic amines) is 1. The smallest absolute Gasteiger partial charge is 0.332 e. The van der Waals surface area contributed by atoms with E-state index < -0.39 is 17.5 Å². The summed E-state index contributed by atoms with van der Waals surface area (Å²) in [6.07, 6.45) is 0.135. The number of amides is 1. The zero-order valence-corrected chi connectivity index (χ0v) is 20.7. The summed E-state index contributed by atoms with van der Waals surface area (Å²) < 4.78 is 0. The number of carboxylic acids is 1. The molecule has 2 aromatic carbocycles. The minimum Gasteiger partial charge on any atom is -0.479 e. The van der Waals surface area contributed by atoms with E-state index in [1.807, 2.05) is 67.3 Å². The van der Waals surface area contributed by atoms with Crippen LogP contribution in [0.2, 0.25) is 10.0 Å². The molecule has 2 aromatic rings. The van der Waals surface area contributed by atoms with Crippen LogP contribution >= 0.6 is 23.2 Å². The fraction of sp³-hybridized carbons (Fsp3) is 0.462. The molecule has 1 amide bonds. The van der Waals surface area contributed by atoms with E-state index in [-0.39, 0.29) is 30.3 Å². The van der Waals surface area contributed by atoms with Crippen LogP contribution in [0.15, 0.2) is 48.5 Å². The molecule has 0 bridgehead atoms. The molecule has 0 radical (unpaired) electrons. The maximum atomic E-state index is 14.0. The first kappa shape index (κ1) is 25.5. The standard InChI is InChI=1S/C26H31Cl2NO4/c1-4-20(5-2)29-23(16-9-11-18(27)12-10-16)21(17-7-6-8-19(28)13-17)14-26(3,25(29)33)15-22(30)24(31)32/h6-13,20-23,30H,4-5,14-15H2,1-3H3,(H,31,32). The molecule has 3 rings (SSSR count). The van der Waals surface area contributed by atoms with E-state index in [0.717, 1.165) is 24.0 Å². The van der Waals surface area contributed by atoms with E-state index in [1.54, 1.807) is 6.92 Å². The van der Waals surface area contributed by atoms with Gasteiger partial charge in [-0.3, -0.25) is 4.79 Å². The van der Waals surface area contributed by atoms with Crippen LogP contribution in [-0.2, 0) is 9.59 Å². The van der Waals surface area contributed by atoms with Gasteiger partial charge in [-0.1, -0.05) is 68.2 Å². The molecule has 178 valence electrons. The van der Waals surface area contributed by atoms with Crippen LogP contribution in [0.5, 0.6) is 0 Å². The molecule has 0 aliphatic carbocycles. The first-order chi connectivity index (χ1) is 15.6. The first-order valence-corrected chi connectivity index (χ1v) is 12.1. The molecule has 1 saturated heterocycles. The fourth-order valence-electron chi connectivity index (χ4n) is 5.17. The van der Waals surface area contributed by atoms with Crippen molar-refractivity contribution in [3.05, 3.63) is 69.7 Å². The maximum Gasteiger partial charge on any atom is 0.332 e. The zero-order valence-electron chi connectivity index (χ0n) is 19.2. The molecule has 2 N–H and O–H groups in total. The molecule has 1 aliphatic heterocycles. The molecule has 7 heteroatoms. The number of carboxylic acid groups (broad SMARTS) is 1. The highest BCUT2D eigenvalue weighted by Crippen LogP contribution is 2.52. The Kier molecular flexibility index (Phi) is 8.09. The molecule has 1 aliphatic rings. The van der Waals surface area contributed by atoms with Crippen molar-refractivity contribution in [3.63, 3.8) is 0 Å². The lowest BCUT2D eigenvalue weighted by Crippen LogP contribution is -2.56. The maximum absolute atomic E-state index is 14.0. The molecule has 5 nitrogen and oxygen atoms in total. The van der Waals surface area contributed by atoms with Crippen molar-refractivity contribution in [3.8, 4) is 0 Å². The number of piperidine rings is 1. The summed E-state index contributed by atoms with van der Waals surface area (Å²) in [7, 11) is 0. The lowest BCUT2D eigenvalue weighted by molar-refractivity contribution is -0.161. The Morgan fingerprint density at radius 3 is 2.27 bits per heavy atom. The molecule has 1 heterocycles. The third-order valence-corrected chi connectivity index (χ3v) is 7.34. The van der Waals surface area contributed by atoms with Gasteiger partial charge in [0.15, 0.2) is 6.10 Å². The van der Waals surface area contributed by atoms with Crippen molar-refractivity contribution in [1.29, 1.82) is 0 Å². The Morgan fingerprint density at radius 1 is 1.09 bits per heavy atom. The normalized spacial score (nSPS) is 24.2. The number of benzene rings is 2. The number of hydrogen-bond donors (Lipinski definition) is 2. The van der Waals surface area contributed by atoms with Gasteiger partial charge in [0, 0.05) is 22.0 Å². The summed E-state index contributed by atoms with van der Waals surface area (Å²) in [6.45, 7) is 5.87. The number of rotatable bonds is 8. The summed E-state index contributed by atoms with van der Waals surface area (Å²) in [4.78, 5) is 27.4. The molecule has 1 fully saturated rings. The zero-order chi connectivity index (χ0) is 24.3. The third kappa shape index (κ3) is 5.37. The van der Waals surface area contributed by atoms with Crippen molar-refractivity contribution in [2.24, 2.45) is 5.41 Å². The van der Waals surface area contributed by atoms with Crippen LogP contribution in [0.1, 0.15) is 69.5 Å². The highest BCUT2D eigenvalue weighted by atomic mass is 35.5. The minimum absolute atomic E-state index is 0.0403. The van der Waals surface area contributed by atoms with Crippen LogP contribution in [0.4, 0.5) is 0 Å². The van der Waals surface area contributed by atoms with Crippen LogP contribution in [-0.4, -0.2) is 39.1 Å². The van der Waals surface area contributed by atoms with E-state index in [4.69, 9.17) is 23.2 Å². The Labute approximate surface area is 205 Å². The number of hydrogen-bond acceptors (Lipinski definition) is 3. The average Bonchev–Trinajstić information content (AvgIpc) is 2.78. The van der Waals surface area contributed by atoms with Gasteiger partial charge in [-0.05, 0) is 61.1 Å². The van der Waals surface area contributed by atoms with Crippen molar-refractivity contribution in [2.75, 3.05) is 0 Å². The Morgan fingerprint density at radius 2 is 1.73 bits per heavy atom. The molecule has 0 aromatic heterocycles. The number of carbonyl (C=O) groups is 2. The average molecular weight is 492 g/mol. The molecule has 0 spiro atoms. The monoisotopic (exact) mass is 491 g/mol. The van der Waals surface area contributed by atoms with E-state index in [9.17, 15) is 19.8 Å². The minimum atomic E-state index is -1.62. The van der Waals surface area contributed by atoms with Crippen LogP contribution in [0, 0.1) is 5.41 Å². The Balaban J connectivity index is 2.20. The summed E-state index contributed by atoms with van der Waals surface area (Å²) in [5.74, 6) is -1.60. The molecule has 4 unspecified atom stereocenters. The van der Waals surface area contributed by atoms with Gasteiger partial charge in [0.05, 0.1) is 11.5 Å².